The second-order valence-corrected chi connectivity index (χ2v) is 7.89. The number of nitrogens with zero attached hydrogens (tertiary/aromatic N) is 2. The third-order valence-corrected chi connectivity index (χ3v) is 5.69. The topological polar surface area (TPSA) is 52.7 Å². The molecule has 0 spiro atoms. The Balaban J connectivity index is 1.58. The van der Waals surface area contributed by atoms with Gasteiger partial charge < -0.3 is 15.1 Å². The van der Waals surface area contributed by atoms with Crippen LogP contribution in [-0.2, 0) is 0 Å². The predicted molar refractivity (Wildman–Crippen MR) is 86.1 cm³/mol. The Morgan fingerprint density at radius 3 is 2.65 bits per heavy atom. The van der Waals surface area contributed by atoms with Crippen LogP contribution in [0.5, 0.6) is 0 Å². The number of halogens is 1. The van der Waals surface area contributed by atoms with Crippen LogP contribution in [0.1, 0.15) is 23.2 Å². The van der Waals surface area contributed by atoms with Gasteiger partial charge in [0.05, 0.1) is 8.45 Å². The van der Waals surface area contributed by atoms with Crippen molar-refractivity contribution in [1.82, 2.24) is 15.1 Å². The molecule has 0 saturated carbocycles. The number of hydrogen-bond donors (Lipinski definition) is 1. The van der Waals surface area contributed by atoms with Crippen molar-refractivity contribution in [1.29, 1.82) is 0 Å². The van der Waals surface area contributed by atoms with Gasteiger partial charge in [-0.25, -0.2) is 4.79 Å². The van der Waals surface area contributed by atoms with Gasteiger partial charge in [0.15, 0.2) is 0 Å². The van der Waals surface area contributed by atoms with Crippen molar-refractivity contribution >= 4 is 45.9 Å². The van der Waals surface area contributed by atoms with Gasteiger partial charge in [0.1, 0.15) is 0 Å². The molecule has 7 heteroatoms. The number of nitrogens with one attached hydrogen (secondary N) is 1. The summed E-state index contributed by atoms with van der Waals surface area (Å²) in [6, 6.07) is 2.26. The molecule has 0 aromatic carbocycles. The van der Waals surface area contributed by atoms with Crippen molar-refractivity contribution in [2.45, 2.75) is 18.9 Å². The van der Waals surface area contributed by atoms with Crippen molar-refractivity contribution in [3.8, 4) is 0 Å². The molecule has 2 saturated heterocycles. The third kappa shape index (κ3) is 2.78. The molecular weight excluding hydrogens is 389 g/mol. The van der Waals surface area contributed by atoms with E-state index in [2.05, 4.69) is 27.9 Å². The molecule has 1 aromatic rings. The predicted octanol–water partition coefficient (Wildman–Crippen LogP) is 1.98. The molecule has 3 heterocycles. The summed E-state index contributed by atoms with van der Waals surface area (Å²) in [5, 5.41) is 4.76. The summed E-state index contributed by atoms with van der Waals surface area (Å²) in [6.07, 6.45) is 1.75. The van der Waals surface area contributed by atoms with Gasteiger partial charge in [-0.05, 0) is 41.5 Å². The van der Waals surface area contributed by atoms with E-state index in [0.29, 0.717) is 0 Å². The van der Waals surface area contributed by atoms with Crippen molar-refractivity contribution in [2.24, 2.45) is 0 Å². The van der Waals surface area contributed by atoms with E-state index in [9.17, 15) is 9.59 Å². The Bertz CT molecular complexity index is 525. The van der Waals surface area contributed by atoms with E-state index >= 15 is 0 Å². The van der Waals surface area contributed by atoms with Gasteiger partial charge in [-0.3, -0.25) is 4.79 Å². The van der Waals surface area contributed by atoms with E-state index in [-0.39, 0.29) is 18.0 Å². The van der Waals surface area contributed by atoms with Crippen LogP contribution in [0.15, 0.2) is 11.4 Å². The van der Waals surface area contributed by atoms with Gasteiger partial charge in [0.2, 0.25) is 0 Å². The molecule has 0 unspecified atom stereocenters. The normalized spacial score (nSPS) is 20.4. The van der Waals surface area contributed by atoms with Crippen LogP contribution in [0.4, 0.5) is 4.79 Å². The van der Waals surface area contributed by atoms with Crippen molar-refractivity contribution in [2.75, 3.05) is 26.2 Å². The summed E-state index contributed by atoms with van der Waals surface area (Å²) >= 11 is 3.83. The molecule has 2 aliphatic heterocycles. The summed E-state index contributed by atoms with van der Waals surface area (Å²) in [5.41, 5.74) is 0.789. The zero-order valence-corrected chi connectivity index (χ0v) is 13.9. The first-order valence-electron chi connectivity index (χ1n) is 6.73. The Morgan fingerprint density at radius 1 is 1.35 bits per heavy atom. The van der Waals surface area contributed by atoms with E-state index in [1.807, 2.05) is 21.2 Å². The first-order valence-corrected chi connectivity index (χ1v) is 8.69. The lowest BCUT2D eigenvalue weighted by molar-refractivity contribution is 0.0666. The first-order chi connectivity index (χ1) is 9.65. The second-order valence-electron chi connectivity index (χ2n) is 5.09. The molecule has 3 amide bonds. The average molecular weight is 405 g/mol. The summed E-state index contributed by atoms with van der Waals surface area (Å²) in [4.78, 5) is 27.8. The molecule has 0 bridgehead atoms. The lowest BCUT2D eigenvalue weighted by Crippen LogP contribution is -2.47. The molecule has 2 fully saturated rings. The fourth-order valence-corrected chi connectivity index (χ4v) is 4.14. The van der Waals surface area contributed by atoms with Gasteiger partial charge >= 0.3 is 6.03 Å². The number of carbonyl (C=O) groups is 2. The maximum atomic E-state index is 12.3. The number of urea groups is 1. The number of hydrogen-bond acceptors (Lipinski definition) is 3. The summed E-state index contributed by atoms with van der Waals surface area (Å²) in [6.45, 7) is 3.00. The first kappa shape index (κ1) is 14.1. The third-order valence-electron chi connectivity index (χ3n) is 3.90. The van der Waals surface area contributed by atoms with E-state index in [1.54, 1.807) is 11.3 Å². The largest absolute Gasteiger partial charge is 0.338 e. The Morgan fingerprint density at radius 2 is 2.10 bits per heavy atom. The van der Waals surface area contributed by atoms with E-state index in [1.165, 1.54) is 0 Å². The van der Waals surface area contributed by atoms with Gasteiger partial charge in [-0.15, -0.1) is 11.3 Å². The van der Waals surface area contributed by atoms with Crippen LogP contribution in [0.25, 0.3) is 0 Å². The van der Waals surface area contributed by atoms with Crippen molar-refractivity contribution in [3.63, 3.8) is 0 Å². The summed E-state index contributed by atoms with van der Waals surface area (Å²) in [7, 11) is 0. The highest BCUT2D eigenvalue weighted by atomic mass is 127. The van der Waals surface area contributed by atoms with Gasteiger partial charge in [-0.2, -0.15) is 0 Å². The fraction of sp³-hybridized carbons (Fsp3) is 0.538. The minimum atomic E-state index is 0.0437. The summed E-state index contributed by atoms with van der Waals surface area (Å²) < 4.78 is 1.13. The minimum Gasteiger partial charge on any atom is -0.338 e. The van der Waals surface area contributed by atoms with Gasteiger partial charge in [0.25, 0.3) is 5.91 Å². The Hall–Kier alpha value is -0.830. The number of amides is 3. The molecular formula is C13H16IN3O2S. The van der Waals surface area contributed by atoms with Crippen LogP contribution >= 0.6 is 33.9 Å². The highest BCUT2D eigenvalue weighted by Crippen LogP contribution is 2.22. The zero-order chi connectivity index (χ0) is 14.1. The number of likely N-dealkylation sites (tertiary alicyclic amines) is 1. The van der Waals surface area contributed by atoms with Gasteiger partial charge in [-0.1, -0.05) is 0 Å². The molecule has 0 radical (unpaired) electrons. The highest BCUT2D eigenvalue weighted by Gasteiger charge is 2.32. The Kier molecular flexibility index (Phi) is 4.16. The second kappa shape index (κ2) is 5.88. The summed E-state index contributed by atoms with van der Waals surface area (Å²) in [5.74, 6) is 0.119. The molecule has 108 valence electrons. The quantitative estimate of drug-likeness (QED) is 0.766. The monoisotopic (exact) mass is 405 g/mol. The van der Waals surface area contributed by atoms with Crippen LogP contribution < -0.4 is 5.32 Å². The average Bonchev–Trinajstić information content (AvgIpc) is 3.07. The fourth-order valence-electron chi connectivity index (χ4n) is 2.82. The van der Waals surface area contributed by atoms with Crippen LogP contribution in [0.3, 0.4) is 0 Å². The molecule has 1 N–H and O–H groups in total. The molecule has 0 aliphatic carbocycles. The molecule has 20 heavy (non-hydrogen) atoms. The molecule has 2 aliphatic rings. The number of piperidine rings is 1. The zero-order valence-electron chi connectivity index (χ0n) is 11.0. The minimum absolute atomic E-state index is 0.0437. The number of carbonyl (C=O) groups excluding carboxylic acids is 2. The number of rotatable bonds is 2. The van der Waals surface area contributed by atoms with E-state index < -0.39 is 0 Å². The SMILES string of the molecule is O=C(c1csc(I)c1)N1CCC(N2CCNC2=O)CC1. The van der Waals surface area contributed by atoms with Crippen molar-refractivity contribution < 1.29 is 9.59 Å². The lowest BCUT2D eigenvalue weighted by Gasteiger charge is -2.36. The molecule has 0 atom stereocenters. The van der Waals surface area contributed by atoms with Gasteiger partial charge in [0, 0.05) is 37.6 Å². The van der Waals surface area contributed by atoms with Crippen molar-refractivity contribution in [3.05, 3.63) is 19.9 Å². The Labute approximate surface area is 135 Å². The van der Waals surface area contributed by atoms with Crippen LogP contribution in [-0.4, -0.2) is 54.0 Å². The van der Waals surface area contributed by atoms with E-state index in [0.717, 1.165) is 47.5 Å². The van der Waals surface area contributed by atoms with Crippen LogP contribution in [0, 0.1) is 2.88 Å². The van der Waals surface area contributed by atoms with E-state index in [4.69, 9.17) is 0 Å². The molecule has 3 rings (SSSR count). The lowest BCUT2D eigenvalue weighted by atomic mass is 10.0. The molecule has 1 aromatic heterocycles. The smallest absolute Gasteiger partial charge is 0.317 e. The molecule has 5 nitrogen and oxygen atoms in total. The maximum absolute atomic E-state index is 12.3. The maximum Gasteiger partial charge on any atom is 0.317 e. The highest BCUT2D eigenvalue weighted by molar-refractivity contribution is 14.1. The standard InChI is InChI=1S/C13H16IN3O2S/c14-11-7-9(8-20-11)12(18)16-4-1-10(2-5-16)17-6-3-15-13(17)19/h7-8,10H,1-6H2,(H,15,19). The number of thiophene rings is 1. The van der Waals surface area contributed by atoms with Crippen LogP contribution in [0.2, 0.25) is 0 Å².